The topological polar surface area (TPSA) is 48.0 Å². The zero-order valence-corrected chi connectivity index (χ0v) is 11.6. The first kappa shape index (κ1) is 10.2. The zero-order chi connectivity index (χ0) is 11.1. The molecule has 0 amide bonds. The van der Waals surface area contributed by atoms with Gasteiger partial charge >= 0.3 is 0 Å². The average Bonchev–Trinajstić information content (AvgIpc) is 2.84. The van der Waals surface area contributed by atoms with Crippen LogP contribution in [0.1, 0.15) is 0 Å². The molecule has 3 heterocycles. The largest absolute Gasteiger partial charge is 0.301 e. The van der Waals surface area contributed by atoms with Crippen LogP contribution in [-0.4, -0.2) is 24.1 Å². The summed E-state index contributed by atoms with van der Waals surface area (Å²) in [5, 5.41) is 4.23. The van der Waals surface area contributed by atoms with Crippen LogP contribution in [0.5, 0.6) is 0 Å². The first-order chi connectivity index (χ1) is 7.74. The SMILES string of the molecule is Brc1cn2ccnc2c(-n2cc(I)cn2)n1. The number of halogens is 2. The van der Waals surface area contributed by atoms with Gasteiger partial charge in [-0.25, -0.2) is 14.6 Å². The summed E-state index contributed by atoms with van der Waals surface area (Å²) < 4.78 is 5.43. The Bertz CT molecular complexity index is 659. The third kappa shape index (κ3) is 1.63. The van der Waals surface area contributed by atoms with Crippen molar-refractivity contribution in [2.45, 2.75) is 0 Å². The lowest BCUT2D eigenvalue weighted by molar-refractivity contribution is 0.836. The normalized spacial score (nSPS) is 11.1. The molecule has 0 atom stereocenters. The number of hydrogen-bond donors (Lipinski definition) is 0. The van der Waals surface area contributed by atoms with Crippen LogP contribution in [0.15, 0.2) is 35.6 Å². The van der Waals surface area contributed by atoms with E-state index in [9.17, 15) is 0 Å². The summed E-state index contributed by atoms with van der Waals surface area (Å²) in [6.07, 6.45) is 9.16. The van der Waals surface area contributed by atoms with Crippen molar-refractivity contribution >= 4 is 44.2 Å². The highest BCUT2D eigenvalue weighted by Crippen LogP contribution is 2.16. The highest BCUT2D eigenvalue weighted by molar-refractivity contribution is 14.1. The Labute approximate surface area is 113 Å². The summed E-state index contributed by atoms with van der Waals surface area (Å²) in [4.78, 5) is 8.65. The second-order valence-corrected chi connectivity index (χ2v) is 5.21. The van der Waals surface area contributed by atoms with E-state index in [0.717, 1.165) is 13.8 Å². The van der Waals surface area contributed by atoms with Crippen molar-refractivity contribution in [3.05, 3.63) is 39.2 Å². The van der Waals surface area contributed by atoms with Gasteiger partial charge in [-0.1, -0.05) is 0 Å². The van der Waals surface area contributed by atoms with Crippen LogP contribution in [0.4, 0.5) is 0 Å². The molecule has 0 saturated carbocycles. The van der Waals surface area contributed by atoms with Gasteiger partial charge in [-0.05, 0) is 38.5 Å². The van der Waals surface area contributed by atoms with E-state index in [-0.39, 0.29) is 0 Å². The molecule has 0 spiro atoms. The molecule has 0 N–H and O–H groups in total. The fourth-order valence-corrected chi connectivity index (χ4v) is 2.23. The molecule has 3 aromatic rings. The predicted molar refractivity (Wildman–Crippen MR) is 70.5 cm³/mol. The van der Waals surface area contributed by atoms with Gasteiger partial charge in [0.1, 0.15) is 4.60 Å². The summed E-state index contributed by atoms with van der Waals surface area (Å²) in [6.45, 7) is 0. The van der Waals surface area contributed by atoms with Crippen molar-refractivity contribution in [3.8, 4) is 5.82 Å². The Morgan fingerprint density at radius 3 is 2.94 bits per heavy atom. The molecule has 0 saturated heterocycles. The van der Waals surface area contributed by atoms with Crippen molar-refractivity contribution < 1.29 is 0 Å². The van der Waals surface area contributed by atoms with Gasteiger partial charge in [0.15, 0.2) is 11.5 Å². The van der Waals surface area contributed by atoms with Crippen LogP contribution in [0.25, 0.3) is 11.5 Å². The molecule has 0 aliphatic rings. The van der Waals surface area contributed by atoms with Crippen LogP contribution in [0, 0.1) is 3.57 Å². The first-order valence-corrected chi connectivity index (χ1v) is 6.31. The third-order valence-corrected chi connectivity index (χ3v) is 3.03. The van der Waals surface area contributed by atoms with Crippen molar-refractivity contribution in [2.24, 2.45) is 0 Å². The predicted octanol–water partition coefficient (Wildman–Crippen LogP) is 2.28. The van der Waals surface area contributed by atoms with Crippen LogP contribution in [-0.2, 0) is 0 Å². The molecule has 0 radical (unpaired) electrons. The molecule has 3 aromatic heterocycles. The van der Waals surface area contributed by atoms with Crippen molar-refractivity contribution in [3.63, 3.8) is 0 Å². The van der Waals surface area contributed by atoms with Crippen LogP contribution >= 0.6 is 38.5 Å². The van der Waals surface area contributed by atoms with Gasteiger partial charge < -0.3 is 4.40 Å². The number of nitrogens with zero attached hydrogens (tertiary/aromatic N) is 5. The van der Waals surface area contributed by atoms with E-state index < -0.39 is 0 Å². The van der Waals surface area contributed by atoms with Gasteiger partial charge in [-0.2, -0.15) is 5.10 Å². The molecule has 80 valence electrons. The highest BCUT2D eigenvalue weighted by atomic mass is 127. The Kier molecular flexibility index (Phi) is 2.43. The number of rotatable bonds is 1. The monoisotopic (exact) mass is 389 g/mol. The lowest BCUT2D eigenvalue weighted by atomic mass is 10.6. The molecular formula is C9H5BrIN5. The van der Waals surface area contributed by atoms with E-state index in [1.54, 1.807) is 17.1 Å². The molecule has 0 bridgehead atoms. The van der Waals surface area contributed by atoms with Crippen LogP contribution < -0.4 is 0 Å². The minimum atomic E-state index is 0.710. The summed E-state index contributed by atoms with van der Waals surface area (Å²) in [5.74, 6) is 0.710. The lowest BCUT2D eigenvalue weighted by Crippen LogP contribution is -2.02. The van der Waals surface area contributed by atoms with Gasteiger partial charge in [0.25, 0.3) is 0 Å². The quantitative estimate of drug-likeness (QED) is 0.600. The molecular weight excluding hydrogens is 385 g/mol. The molecule has 0 aliphatic carbocycles. The van der Waals surface area contributed by atoms with Crippen molar-refractivity contribution in [1.29, 1.82) is 0 Å². The molecule has 0 unspecified atom stereocenters. The molecule has 7 heteroatoms. The molecule has 16 heavy (non-hydrogen) atoms. The third-order valence-electron chi connectivity index (χ3n) is 2.10. The maximum atomic E-state index is 4.39. The maximum Gasteiger partial charge on any atom is 0.198 e. The Balaban J connectivity index is 2.33. The van der Waals surface area contributed by atoms with E-state index in [1.165, 1.54) is 0 Å². The summed E-state index contributed by atoms with van der Waals surface area (Å²) in [6, 6.07) is 0. The van der Waals surface area contributed by atoms with E-state index in [0.29, 0.717) is 5.82 Å². The molecule has 0 aromatic carbocycles. The molecule has 0 aliphatic heterocycles. The fourth-order valence-electron chi connectivity index (χ4n) is 1.46. The van der Waals surface area contributed by atoms with Crippen molar-refractivity contribution in [1.82, 2.24) is 24.1 Å². The number of fused-ring (bicyclic) bond motifs is 1. The Morgan fingerprint density at radius 1 is 1.31 bits per heavy atom. The summed E-state index contributed by atoms with van der Waals surface area (Å²) >= 11 is 5.58. The van der Waals surface area contributed by atoms with Crippen LogP contribution in [0.2, 0.25) is 0 Å². The summed E-state index contributed by atoms with van der Waals surface area (Å²) in [5.41, 5.74) is 0.780. The number of aromatic nitrogens is 5. The van der Waals surface area contributed by atoms with E-state index in [2.05, 4.69) is 53.6 Å². The van der Waals surface area contributed by atoms with E-state index in [4.69, 9.17) is 0 Å². The smallest absolute Gasteiger partial charge is 0.198 e. The average molecular weight is 390 g/mol. The van der Waals surface area contributed by atoms with Gasteiger partial charge in [0.05, 0.1) is 9.77 Å². The van der Waals surface area contributed by atoms with Gasteiger partial charge in [-0.15, -0.1) is 0 Å². The zero-order valence-electron chi connectivity index (χ0n) is 7.88. The minimum absolute atomic E-state index is 0.710. The number of hydrogen-bond acceptors (Lipinski definition) is 3. The number of imidazole rings is 1. The minimum Gasteiger partial charge on any atom is -0.301 e. The Morgan fingerprint density at radius 2 is 2.19 bits per heavy atom. The maximum absolute atomic E-state index is 4.39. The van der Waals surface area contributed by atoms with E-state index in [1.807, 2.05) is 23.0 Å². The second-order valence-electron chi connectivity index (χ2n) is 3.15. The first-order valence-electron chi connectivity index (χ1n) is 4.44. The van der Waals surface area contributed by atoms with Gasteiger partial charge in [-0.3, -0.25) is 0 Å². The van der Waals surface area contributed by atoms with Gasteiger partial charge in [0.2, 0.25) is 0 Å². The Hall–Kier alpha value is -0.960. The van der Waals surface area contributed by atoms with Gasteiger partial charge in [0, 0.05) is 24.8 Å². The van der Waals surface area contributed by atoms with E-state index >= 15 is 0 Å². The second kappa shape index (κ2) is 3.81. The fraction of sp³-hybridized carbons (Fsp3) is 0. The highest BCUT2D eigenvalue weighted by Gasteiger charge is 2.09. The van der Waals surface area contributed by atoms with Crippen LogP contribution in [0.3, 0.4) is 0 Å². The molecule has 3 rings (SSSR count). The summed E-state index contributed by atoms with van der Waals surface area (Å²) in [7, 11) is 0. The molecule has 5 nitrogen and oxygen atoms in total. The molecule has 0 fully saturated rings. The standard InChI is InChI=1S/C9H5BrIN5/c10-7-5-15-2-1-12-8(15)9(14-7)16-4-6(11)3-13-16/h1-5H. The lowest BCUT2D eigenvalue weighted by Gasteiger charge is -2.03. The van der Waals surface area contributed by atoms with Crippen molar-refractivity contribution in [2.75, 3.05) is 0 Å².